The van der Waals surface area contributed by atoms with E-state index >= 15 is 0 Å². The topological polar surface area (TPSA) is 92.9 Å². The quantitative estimate of drug-likeness (QED) is 0.662. The minimum Gasteiger partial charge on any atom is -0.384 e. The number of nitrogens with one attached hydrogen (secondary N) is 2. The number of anilines is 2. The number of amides is 1. The molecule has 0 aliphatic heterocycles. The van der Waals surface area contributed by atoms with Crippen LogP contribution in [0.1, 0.15) is 0 Å². The monoisotopic (exact) mass is 218 g/mol. The van der Waals surface area contributed by atoms with Gasteiger partial charge in [-0.25, -0.2) is 4.79 Å². The van der Waals surface area contributed by atoms with Gasteiger partial charge in [0.1, 0.15) is 5.82 Å². The summed E-state index contributed by atoms with van der Waals surface area (Å²) in [5.74, 6) is 0.146. The molecule has 0 atom stereocenters. The van der Waals surface area contributed by atoms with Crippen LogP contribution in [0.2, 0.25) is 0 Å². The van der Waals surface area contributed by atoms with Gasteiger partial charge in [0.15, 0.2) is 0 Å². The zero-order valence-corrected chi connectivity index (χ0v) is 8.31. The Morgan fingerprint density at radius 1 is 1.31 bits per heavy atom. The Hall–Kier alpha value is -2.50. The van der Waals surface area contributed by atoms with Crippen LogP contribution in [0.3, 0.4) is 0 Å². The van der Waals surface area contributed by atoms with Gasteiger partial charge in [-0.1, -0.05) is 18.2 Å². The van der Waals surface area contributed by atoms with Crippen LogP contribution < -0.4 is 16.6 Å². The molecule has 82 valence electrons. The van der Waals surface area contributed by atoms with Crippen molar-refractivity contribution in [2.45, 2.75) is 0 Å². The van der Waals surface area contributed by atoms with Gasteiger partial charge in [-0.2, -0.15) is 4.68 Å². The SMILES string of the molecule is Nc1cc(=O)n(C(=O)Nc2ccccc2)[nH]1. The Morgan fingerprint density at radius 2 is 2.00 bits per heavy atom. The van der Waals surface area contributed by atoms with Crippen LogP contribution in [0.4, 0.5) is 16.3 Å². The zero-order chi connectivity index (χ0) is 11.5. The lowest BCUT2D eigenvalue weighted by molar-refractivity contribution is 0.250. The van der Waals surface area contributed by atoms with Crippen LogP contribution in [0.5, 0.6) is 0 Å². The summed E-state index contributed by atoms with van der Waals surface area (Å²) in [5, 5.41) is 4.98. The van der Waals surface area contributed by atoms with E-state index in [0.717, 1.165) is 10.7 Å². The number of para-hydroxylation sites is 1. The standard InChI is InChI=1S/C10H10N4O2/c11-8-6-9(15)14(13-8)10(16)12-7-4-2-1-3-5-7/h1-6,13H,11H2,(H,12,16). The van der Waals surface area contributed by atoms with Gasteiger partial charge in [-0.3, -0.25) is 9.89 Å². The van der Waals surface area contributed by atoms with E-state index in [1.807, 2.05) is 6.07 Å². The van der Waals surface area contributed by atoms with Crippen molar-refractivity contribution in [1.82, 2.24) is 9.78 Å². The molecule has 0 aliphatic rings. The van der Waals surface area contributed by atoms with Gasteiger partial charge in [0.25, 0.3) is 5.56 Å². The molecule has 0 bridgehead atoms. The Kier molecular flexibility index (Phi) is 2.47. The maximum atomic E-state index is 11.6. The van der Waals surface area contributed by atoms with Crippen molar-refractivity contribution < 1.29 is 4.79 Å². The number of carbonyl (C=O) groups is 1. The average molecular weight is 218 g/mol. The van der Waals surface area contributed by atoms with E-state index in [2.05, 4.69) is 10.4 Å². The third-order valence-electron chi connectivity index (χ3n) is 1.97. The molecular formula is C10H10N4O2. The third-order valence-corrected chi connectivity index (χ3v) is 1.97. The molecule has 6 nitrogen and oxygen atoms in total. The summed E-state index contributed by atoms with van der Waals surface area (Å²) in [6.07, 6.45) is 0. The Balaban J connectivity index is 2.21. The first-order chi connectivity index (χ1) is 7.66. The number of aromatic nitrogens is 2. The molecule has 0 fully saturated rings. The summed E-state index contributed by atoms with van der Waals surface area (Å²) in [6, 6.07) is 9.39. The predicted octanol–water partition coefficient (Wildman–Crippen LogP) is 0.839. The fourth-order valence-corrected chi connectivity index (χ4v) is 1.27. The highest BCUT2D eigenvalue weighted by Crippen LogP contribution is 2.05. The number of nitrogens with zero attached hydrogens (tertiary/aromatic N) is 1. The molecule has 2 rings (SSSR count). The van der Waals surface area contributed by atoms with E-state index in [1.165, 1.54) is 0 Å². The van der Waals surface area contributed by atoms with Crippen molar-refractivity contribution >= 4 is 17.5 Å². The minimum absolute atomic E-state index is 0.146. The average Bonchev–Trinajstić information content (AvgIpc) is 2.59. The summed E-state index contributed by atoms with van der Waals surface area (Å²) in [4.78, 5) is 22.9. The molecule has 0 unspecified atom stereocenters. The lowest BCUT2D eigenvalue weighted by Gasteiger charge is -2.03. The van der Waals surface area contributed by atoms with Crippen molar-refractivity contribution in [3.05, 3.63) is 46.8 Å². The summed E-state index contributed by atoms with van der Waals surface area (Å²) < 4.78 is 0.808. The highest BCUT2D eigenvalue weighted by Gasteiger charge is 2.08. The second-order valence-corrected chi connectivity index (χ2v) is 3.18. The van der Waals surface area contributed by atoms with Crippen LogP contribution in [0.25, 0.3) is 0 Å². The van der Waals surface area contributed by atoms with Gasteiger partial charge in [-0.15, -0.1) is 0 Å². The number of benzene rings is 1. The molecule has 2 aromatic rings. The number of aromatic amines is 1. The maximum absolute atomic E-state index is 11.6. The molecule has 0 radical (unpaired) electrons. The highest BCUT2D eigenvalue weighted by atomic mass is 16.2. The second kappa shape index (κ2) is 3.93. The first kappa shape index (κ1) is 10.0. The lowest BCUT2D eigenvalue weighted by Crippen LogP contribution is -2.29. The van der Waals surface area contributed by atoms with E-state index in [9.17, 15) is 9.59 Å². The number of nitrogens with two attached hydrogens (primary N) is 1. The zero-order valence-electron chi connectivity index (χ0n) is 8.31. The van der Waals surface area contributed by atoms with Crippen LogP contribution in [-0.2, 0) is 0 Å². The second-order valence-electron chi connectivity index (χ2n) is 3.18. The van der Waals surface area contributed by atoms with Crippen LogP contribution in [0, 0.1) is 0 Å². The molecule has 4 N–H and O–H groups in total. The Morgan fingerprint density at radius 3 is 2.56 bits per heavy atom. The Labute approximate surface area is 90.7 Å². The molecule has 16 heavy (non-hydrogen) atoms. The maximum Gasteiger partial charge on any atom is 0.348 e. The smallest absolute Gasteiger partial charge is 0.348 e. The van der Waals surface area contributed by atoms with E-state index in [0.29, 0.717) is 5.69 Å². The largest absolute Gasteiger partial charge is 0.384 e. The van der Waals surface area contributed by atoms with Crippen LogP contribution in [0.15, 0.2) is 41.2 Å². The summed E-state index contributed by atoms with van der Waals surface area (Å²) in [6.45, 7) is 0. The third kappa shape index (κ3) is 1.95. The number of H-pyrrole nitrogens is 1. The number of rotatable bonds is 1. The fraction of sp³-hybridized carbons (Fsp3) is 0. The van der Waals surface area contributed by atoms with Crippen molar-refractivity contribution in [1.29, 1.82) is 0 Å². The molecule has 0 saturated heterocycles. The number of hydrogen-bond donors (Lipinski definition) is 3. The molecule has 0 aliphatic carbocycles. The van der Waals surface area contributed by atoms with Crippen LogP contribution in [-0.4, -0.2) is 15.8 Å². The summed E-state index contributed by atoms with van der Waals surface area (Å²) in [7, 11) is 0. The van der Waals surface area contributed by atoms with Crippen molar-refractivity contribution in [3.63, 3.8) is 0 Å². The van der Waals surface area contributed by atoms with Gasteiger partial charge in [-0.05, 0) is 12.1 Å². The first-order valence-electron chi connectivity index (χ1n) is 4.61. The molecular weight excluding hydrogens is 208 g/mol. The molecule has 0 spiro atoms. The van der Waals surface area contributed by atoms with E-state index < -0.39 is 11.6 Å². The van der Waals surface area contributed by atoms with Crippen molar-refractivity contribution in [2.24, 2.45) is 0 Å². The number of nitrogen functional groups attached to an aromatic ring is 1. The number of carbonyl (C=O) groups excluding carboxylic acids is 1. The molecule has 1 aromatic carbocycles. The summed E-state index contributed by atoms with van der Waals surface area (Å²) >= 11 is 0. The number of hydrogen-bond acceptors (Lipinski definition) is 3. The van der Waals surface area contributed by atoms with Crippen LogP contribution >= 0.6 is 0 Å². The highest BCUT2D eigenvalue weighted by molar-refractivity contribution is 5.90. The van der Waals surface area contributed by atoms with Gasteiger partial charge in [0, 0.05) is 11.8 Å². The van der Waals surface area contributed by atoms with Crippen molar-refractivity contribution in [3.8, 4) is 0 Å². The van der Waals surface area contributed by atoms with Gasteiger partial charge in [0.2, 0.25) is 0 Å². The van der Waals surface area contributed by atoms with E-state index in [1.54, 1.807) is 24.3 Å². The van der Waals surface area contributed by atoms with E-state index in [4.69, 9.17) is 5.73 Å². The van der Waals surface area contributed by atoms with Crippen molar-refractivity contribution in [2.75, 3.05) is 11.1 Å². The molecule has 1 aromatic heterocycles. The Bertz CT molecular complexity index is 556. The predicted molar refractivity (Wildman–Crippen MR) is 60.3 cm³/mol. The summed E-state index contributed by atoms with van der Waals surface area (Å²) in [5.41, 5.74) is 5.46. The van der Waals surface area contributed by atoms with E-state index in [-0.39, 0.29) is 5.82 Å². The first-order valence-corrected chi connectivity index (χ1v) is 4.61. The normalized spacial score (nSPS) is 10.0. The fourth-order valence-electron chi connectivity index (χ4n) is 1.27. The minimum atomic E-state index is -0.576. The molecule has 1 amide bonds. The molecule has 6 heteroatoms. The molecule has 1 heterocycles. The van der Waals surface area contributed by atoms with Gasteiger partial charge < -0.3 is 11.1 Å². The molecule has 0 saturated carbocycles. The van der Waals surface area contributed by atoms with Gasteiger partial charge in [0.05, 0.1) is 0 Å². The lowest BCUT2D eigenvalue weighted by atomic mass is 10.3. The van der Waals surface area contributed by atoms with Gasteiger partial charge >= 0.3 is 6.03 Å².